The van der Waals surface area contributed by atoms with Gasteiger partial charge in [0.15, 0.2) is 0 Å². The molecule has 4 nitrogen and oxygen atoms in total. The molecule has 3 rings (SSSR count). The first-order chi connectivity index (χ1) is 8.74. The van der Waals surface area contributed by atoms with E-state index in [0.717, 1.165) is 24.0 Å². The molecule has 0 radical (unpaired) electrons. The molecule has 1 aromatic heterocycles. The molecule has 1 aliphatic rings. The lowest BCUT2D eigenvalue weighted by molar-refractivity contribution is 0.0691. The maximum absolute atomic E-state index is 10.8. The molecule has 0 atom stereocenters. The molecular weight excluding hydrogens is 228 g/mol. The topological polar surface area (TPSA) is 53.4 Å². The number of hydrogen-bond donors (Lipinski definition) is 1. The van der Waals surface area contributed by atoms with Gasteiger partial charge in [0.25, 0.3) is 0 Å². The third kappa shape index (κ3) is 1.90. The quantitative estimate of drug-likeness (QED) is 0.879. The SMILES string of the molecule is O=C(O)c1ccc2cc(N3CCCC3)ccc2n1. The highest BCUT2D eigenvalue weighted by molar-refractivity contribution is 5.90. The summed E-state index contributed by atoms with van der Waals surface area (Å²) in [6.45, 7) is 2.21. The molecule has 1 saturated heterocycles. The summed E-state index contributed by atoms with van der Waals surface area (Å²) in [5, 5.41) is 9.89. The van der Waals surface area contributed by atoms with E-state index in [0.29, 0.717) is 0 Å². The van der Waals surface area contributed by atoms with Crippen molar-refractivity contribution in [2.75, 3.05) is 18.0 Å². The van der Waals surface area contributed by atoms with Crippen LogP contribution in [0.25, 0.3) is 10.9 Å². The maximum Gasteiger partial charge on any atom is 0.354 e. The molecule has 1 N–H and O–H groups in total. The van der Waals surface area contributed by atoms with E-state index in [1.807, 2.05) is 18.2 Å². The fraction of sp³-hybridized carbons (Fsp3) is 0.286. The second-order valence-corrected chi connectivity index (χ2v) is 4.57. The number of aromatic nitrogens is 1. The van der Waals surface area contributed by atoms with Crippen LogP contribution in [0, 0.1) is 0 Å². The molecule has 4 heteroatoms. The Labute approximate surface area is 105 Å². The predicted octanol–water partition coefficient (Wildman–Crippen LogP) is 2.53. The second kappa shape index (κ2) is 4.29. The van der Waals surface area contributed by atoms with Crippen molar-refractivity contribution >= 4 is 22.6 Å². The molecule has 0 spiro atoms. The summed E-state index contributed by atoms with van der Waals surface area (Å²) in [4.78, 5) is 17.3. The average molecular weight is 242 g/mol. The van der Waals surface area contributed by atoms with Crippen molar-refractivity contribution in [2.45, 2.75) is 12.8 Å². The molecule has 0 amide bonds. The van der Waals surface area contributed by atoms with Crippen molar-refractivity contribution in [2.24, 2.45) is 0 Å². The Bertz CT molecular complexity index is 604. The van der Waals surface area contributed by atoms with Gasteiger partial charge in [-0.15, -0.1) is 0 Å². The minimum absolute atomic E-state index is 0.0939. The van der Waals surface area contributed by atoms with Gasteiger partial charge in [0.05, 0.1) is 5.52 Å². The van der Waals surface area contributed by atoms with Crippen molar-refractivity contribution in [1.82, 2.24) is 4.98 Å². The minimum Gasteiger partial charge on any atom is -0.477 e. The molecule has 2 heterocycles. The molecule has 0 aliphatic carbocycles. The lowest BCUT2D eigenvalue weighted by Gasteiger charge is -2.17. The smallest absolute Gasteiger partial charge is 0.354 e. The Kier molecular flexibility index (Phi) is 2.63. The predicted molar refractivity (Wildman–Crippen MR) is 70.1 cm³/mol. The first kappa shape index (κ1) is 11.0. The molecule has 1 fully saturated rings. The van der Waals surface area contributed by atoms with E-state index in [1.165, 1.54) is 18.5 Å². The summed E-state index contributed by atoms with van der Waals surface area (Å²) in [7, 11) is 0. The lowest BCUT2D eigenvalue weighted by Crippen LogP contribution is -2.17. The van der Waals surface area contributed by atoms with Gasteiger partial charge in [0.2, 0.25) is 0 Å². The van der Waals surface area contributed by atoms with Crippen LogP contribution in [0.5, 0.6) is 0 Å². The van der Waals surface area contributed by atoms with E-state index >= 15 is 0 Å². The van der Waals surface area contributed by atoms with Crippen molar-refractivity contribution in [3.63, 3.8) is 0 Å². The summed E-state index contributed by atoms with van der Waals surface area (Å²) in [6.07, 6.45) is 2.49. The van der Waals surface area contributed by atoms with Crippen molar-refractivity contribution in [3.05, 3.63) is 36.0 Å². The number of carbonyl (C=O) groups is 1. The molecule has 2 aromatic rings. The second-order valence-electron chi connectivity index (χ2n) is 4.57. The van der Waals surface area contributed by atoms with Crippen LogP contribution in [-0.2, 0) is 0 Å². The average Bonchev–Trinajstić information content (AvgIpc) is 2.91. The molecule has 92 valence electrons. The molecule has 0 bridgehead atoms. The van der Waals surface area contributed by atoms with E-state index in [4.69, 9.17) is 5.11 Å². The highest BCUT2D eigenvalue weighted by Gasteiger charge is 2.13. The number of benzene rings is 1. The highest BCUT2D eigenvalue weighted by atomic mass is 16.4. The van der Waals surface area contributed by atoms with Crippen molar-refractivity contribution in [1.29, 1.82) is 0 Å². The van der Waals surface area contributed by atoms with Gasteiger partial charge >= 0.3 is 5.97 Å². The van der Waals surface area contributed by atoms with Crippen LogP contribution in [-0.4, -0.2) is 29.1 Å². The first-order valence-electron chi connectivity index (χ1n) is 6.13. The summed E-state index contributed by atoms with van der Waals surface area (Å²) >= 11 is 0. The lowest BCUT2D eigenvalue weighted by atomic mass is 10.1. The van der Waals surface area contributed by atoms with Crippen LogP contribution in [0.4, 0.5) is 5.69 Å². The zero-order chi connectivity index (χ0) is 12.5. The normalized spacial score (nSPS) is 15.2. The largest absolute Gasteiger partial charge is 0.477 e. The number of pyridine rings is 1. The number of fused-ring (bicyclic) bond motifs is 1. The fourth-order valence-electron chi connectivity index (χ4n) is 2.40. The van der Waals surface area contributed by atoms with Gasteiger partial charge in [0.1, 0.15) is 5.69 Å². The van der Waals surface area contributed by atoms with Crippen molar-refractivity contribution < 1.29 is 9.90 Å². The number of hydrogen-bond acceptors (Lipinski definition) is 3. The summed E-state index contributed by atoms with van der Waals surface area (Å²) in [6, 6.07) is 9.38. The zero-order valence-corrected chi connectivity index (χ0v) is 9.97. The number of anilines is 1. The Morgan fingerprint density at radius 1 is 1.17 bits per heavy atom. The Hall–Kier alpha value is -2.10. The monoisotopic (exact) mass is 242 g/mol. The van der Waals surface area contributed by atoms with Gasteiger partial charge in [-0.2, -0.15) is 0 Å². The maximum atomic E-state index is 10.8. The standard InChI is InChI=1S/C14H14N2O2/c17-14(18)13-5-3-10-9-11(4-6-12(10)15-13)16-7-1-2-8-16/h3-6,9H,1-2,7-8H2,(H,17,18). The van der Waals surface area contributed by atoms with Gasteiger partial charge < -0.3 is 10.0 Å². The van der Waals surface area contributed by atoms with Gasteiger partial charge in [-0.1, -0.05) is 6.07 Å². The summed E-state index contributed by atoms with van der Waals surface area (Å²) in [5.41, 5.74) is 2.03. The number of carboxylic acid groups (broad SMARTS) is 1. The molecule has 0 saturated carbocycles. The van der Waals surface area contributed by atoms with Gasteiger partial charge in [-0.05, 0) is 37.1 Å². The van der Waals surface area contributed by atoms with E-state index in [9.17, 15) is 4.79 Å². The third-order valence-corrected chi connectivity index (χ3v) is 3.36. The molecule has 0 unspecified atom stereocenters. The van der Waals surface area contributed by atoms with Gasteiger partial charge in [-0.25, -0.2) is 9.78 Å². The summed E-state index contributed by atoms with van der Waals surface area (Å²) < 4.78 is 0. The van der Waals surface area contributed by atoms with Gasteiger partial charge in [-0.3, -0.25) is 0 Å². The third-order valence-electron chi connectivity index (χ3n) is 3.36. The highest BCUT2D eigenvalue weighted by Crippen LogP contribution is 2.24. The number of aromatic carboxylic acids is 1. The van der Waals surface area contributed by atoms with E-state index < -0.39 is 5.97 Å². The Morgan fingerprint density at radius 2 is 1.94 bits per heavy atom. The number of nitrogens with zero attached hydrogens (tertiary/aromatic N) is 2. The van der Waals surface area contributed by atoms with Crippen molar-refractivity contribution in [3.8, 4) is 0 Å². The zero-order valence-electron chi connectivity index (χ0n) is 9.97. The van der Waals surface area contributed by atoms with Crippen LogP contribution >= 0.6 is 0 Å². The van der Waals surface area contributed by atoms with E-state index in [1.54, 1.807) is 6.07 Å². The van der Waals surface area contributed by atoms with Crippen LogP contribution < -0.4 is 4.90 Å². The fourth-order valence-corrected chi connectivity index (χ4v) is 2.40. The minimum atomic E-state index is -0.986. The number of rotatable bonds is 2. The number of carboxylic acids is 1. The van der Waals surface area contributed by atoms with Crippen LogP contribution in [0.1, 0.15) is 23.3 Å². The van der Waals surface area contributed by atoms with Crippen LogP contribution in [0.15, 0.2) is 30.3 Å². The van der Waals surface area contributed by atoms with E-state index in [2.05, 4.69) is 16.0 Å². The Balaban J connectivity index is 2.02. The van der Waals surface area contributed by atoms with Crippen LogP contribution in [0.2, 0.25) is 0 Å². The van der Waals surface area contributed by atoms with Gasteiger partial charge in [0, 0.05) is 24.2 Å². The summed E-state index contributed by atoms with van der Waals surface area (Å²) in [5.74, 6) is -0.986. The first-order valence-corrected chi connectivity index (χ1v) is 6.13. The molecule has 1 aliphatic heterocycles. The van der Waals surface area contributed by atoms with E-state index in [-0.39, 0.29) is 5.69 Å². The molecule has 18 heavy (non-hydrogen) atoms. The molecule has 1 aromatic carbocycles. The molecular formula is C14H14N2O2. The van der Waals surface area contributed by atoms with Crippen LogP contribution in [0.3, 0.4) is 0 Å². The Morgan fingerprint density at radius 3 is 2.67 bits per heavy atom.